The first-order chi connectivity index (χ1) is 9.04. The number of hydrogen-bond acceptors (Lipinski definition) is 4. The number of hydrazine groups is 1. The smallest absolute Gasteiger partial charge is 0.123 e. The zero-order valence-electron chi connectivity index (χ0n) is 11.9. The number of rotatable bonds is 7. The number of halogens is 1. The molecule has 4 nitrogen and oxygen atoms in total. The van der Waals surface area contributed by atoms with E-state index in [2.05, 4.69) is 5.43 Å². The van der Waals surface area contributed by atoms with E-state index in [9.17, 15) is 4.39 Å². The predicted octanol–water partition coefficient (Wildman–Crippen LogP) is 2.40. The van der Waals surface area contributed by atoms with Crippen molar-refractivity contribution in [1.29, 1.82) is 0 Å². The normalized spacial score (nSPS) is 14.5. The van der Waals surface area contributed by atoms with E-state index in [1.807, 2.05) is 20.8 Å². The second-order valence-electron chi connectivity index (χ2n) is 4.69. The van der Waals surface area contributed by atoms with Crippen LogP contribution in [0.3, 0.4) is 0 Å². The quantitative estimate of drug-likeness (QED) is 0.590. The fourth-order valence-electron chi connectivity index (χ4n) is 2.18. The summed E-state index contributed by atoms with van der Waals surface area (Å²) < 4.78 is 24.5. The Balaban J connectivity index is 3.16. The largest absolute Gasteiger partial charge is 0.496 e. The van der Waals surface area contributed by atoms with Gasteiger partial charge in [0.1, 0.15) is 11.6 Å². The summed E-state index contributed by atoms with van der Waals surface area (Å²) in [6.07, 6.45) is -0.161. The Kier molecular flexibility index (Phi) is 6.21. The van der Waals surface area contributed by atoms with Gasteiger partial charge in [-0.3, -0.25) is 11.3 Å². The van der Waals surface area contributed by atoms with E-state index < -0.39 is 0 Å². The minimum absolute atomic E-state index is 0.161. The van der Waals surface area contributed by atoms with Crippen molar-refractivity contribution >= 4 is 0 Å². The number of methoxy groups -OCH3 is 1. The molecule has 1 aromatic rings. The molecule has 0 saturated heterocycles. The topological polar surface area (TPSA) is 56.5 Å². The maximum absolute atomic E-state index is 13.5. The Bertz CT molecular complexity index is 399. The van der Waals surface area contributed by atoms with Crippen molar-refractivity contribution in [3.05, 3.63) is 29.6 Å². The molecular weight excluding hydrogens is 247 g/mol. The lowest BCUT2D eigenvalue weighted by molar-refractivity contribution is 0.00219. The molecule has 0 saturated carbocycles. The fraction of sp³-hybridized carbons (Fsp3) is 0.571. The molecule has 2 unspecified atom stereocenters. The van der Waals surface area contributed by atoms with Crippen LogP contribution in [0.15, 0.2) is 18.2 Å². The number of ether oxygens (including phenoxy) is 2. The van der Waals surface area contributed by atoms with E-state index in [4.69, 9.17) is 15.3 Å². The average molecular weight is 270 g/mol. The van der Waals surface area contributed by atoms with Gasteiger partial charge in [0.15, 0.2) is 0 Å². The molecule has 0 radical (unpaired) electrons. The van der Waals surface area contributed by atoms with Gasteiger partial charge in [-0.25, -0.2) is 4.39 Å². The highest BCUT2D eigenvalue weighted by molar-refractivity contribution is 5.37. The lowest BCUT2D eigenvalue weighted by atomic mass is 9.93. The summed E-state index contributed by atoms with van der Waals surface area (Å²) in [4.78, 5) is 0. The van der Waals surface area contributed by atoms with Crippen molar-refractivity contribution < 1.29 is 13.9 Å². The lowest BCUT2D eigenvalue weighted by Gasteiger charge is -2.30. The van der Waals surface area contributed by atoms with E-state index in [1.165, 1.54) is 12.1 Å². The summed E-state index contributed by atoms with van der Waals surface area (Å²) in [6, 6.07) is 4.06. The fourth-order valence-corrected chi connectivity index (χ4v) is 2.18. The van der Waals surface area contributed by atoms with Crippen molar-refractivity contribution in [1.82, 2.24) is 5.43 Å². The van der Waals surface area contributed by atoms with Gasteiger partial charge in [0.2, 0.25) is 0 Å². The van der Waals surface area contributed by atoms with Gasteiger partial charge >= 0.3 is 0 Å². The summed E-state index contributed by atoms with van der Waals surface area (Å²) in [6.45, 7) is 6.57. The van der Waals surface area contributed by atoms with Crippen LogP contribution in [-0.2, 0) is 4.74 Å². The van der Waals surface area contributed by atoms with Crippen LogP contribution in [0.1, 0.15) is 32.4 Å². The van der Waals surface area contributed by atoms with E-state index in [-0.39, 0.29) is 23.9 Å². The second-order valence-corrected chi connectivity index (χ2v) is 4.69. The van der Waals surface area contributed by atoms with Crippen molar-refractivity contribution in [3.63, 3.8) is 0 Å². The first-order valence-electron chi connectivity index (χ1n) is 6.46. The molecule has 0 bridgehead atoms. The van der Waals surface area contributed by atoms with Crippen LogP contribution in [0.25, 0.3) is 0 Å². The van der Waals surface area contributed by atoms with Gasteiger partial charge in [-0.05, 0) is 31.0 Å². The van der Waals surface area contributed by atoms with Crippen LogP contribution >= 0.6 is 0 Å². The molecule has 108 valence electrons. The summed E-state index contributed by atoms with van der Waals surface area (Å²) in [7, 11) is 1.55. The minimum Gasteiger partial charge on any atom is -0.496 e. The third-order valence-corrected chi connectivity index (χ3v) is 3.05. The Morgan fingerprint density at radius 2 is 2.05 bits per heavy atom. The van der Waals surface area contributed by atoms with E-state index in [0.29, 0.717) is 17.9 Å². The van der Waals surface area contributed by atoms with Crippen molar-refractivity contribution in [2.75, 3.05) is 13.7 Å². The molecule has 0 aliphatic heterocycles. The number of benzene rings is 1. The molecule has 0 aliphatic rings. The third kappa shape index (κ3) is 3.89. The highest BCUT2D eigenvalue weighted by Gasteiger charge is 2.28. The minimum atomic E-state index is -0.328. The maximum atomic E-state index is 13.5. The molecule has 3 N–H and O–H groups in total. The van der Waals surface area contributed by atoms with Gasteiger partial charge < -0.3 is 9.47 Å². The molecule has 2 atom stereocenters. The number of nitrogens with one attached hydrogen (secondary N) is 1. The predicted molar refractivity (Wildman–Crippen MR) is 73.3 cm³/mol. The number of nitrogens with two attached hydrogens (primary N) is 1. The molecule has 0 heterocycles. The molecule has 19 heavy (non-hydrogen) atoms. The van der Waals surface area contributed by atoms with Crippen LogP contribution in [0.4, 0.5) is 4.39 Å². The third-order valence-electron chi connectivity index (χ3n) is 3.05. The van der Waals surface area contributed by atoms with Gasteiger partial charge in [-0.1, -0.05) is 13.8 Å². The highest BCUT2D eigenvalue weighted by atomic mass is 19.1. The second kappa shape index (κ2) is 7.43. The van der Waals surface area contributed by atoms with Gasteiger partial charge in [-0.2, -0.15) is 0 Å². The van der Waals surface area contributed by atoms with Crippen LogP contribution in [-0.4, -0.2) is 19.8 Å². The molecule has 0 aliphatic carbocycles. The lowest BCUT2D eigenvalue weighted by Crippen LogP contribution is -2.41. The average Bonchev–Trinajstić information content (AvgIpc) is 2.38. The highest BCUT2D eigenvalue weighted by Crippen LogP contribution is 2.31. The first-order valence-corrected chi connectivity index (χ1v) is 6.46. The van der Waals surface area contributed by atoms with Crippen molar-refractivity contribution in [2.24, 2.45) is 11.8 Å². The van der Waals surface area contributed by atoms with E-state index >= 15 is 0 Å². The first kappa shape index (κ1) is 15.9. The van der Waals surface area contributed by atoms with E-state index in [1.54, 1.807) is 13.2 Å². The summed E-state index contributed by atoms with van der Waals surface area (Å²) in [5.41, 5.74) is 3.38. The van der Waals surface area contributed by atoms with Crippen LogP contribution in [0.2, 0.25) is 0 Å². The molecule has 0 amide bonds. The van der Waals surface area contributed by atoms with Gasteiger partial charge in [-0.15, -0.1) is 0 Å². The molecule has 5 heteroatoms. The Morgan fingerprint density at radius 1 is 1.37 bits per heavy atom. The molecular formula is C14H23FN2O2. The van der Waals surface area contributed by atoms with Gasteiger partial charge in [0.25, 0.3) is 0 Å². The summed E-state index contributed by atoms with van der Waals surface area (Å²) >= 11 is 0. The van der Waals surface area contributed by atoms with Crippen molar-refractivity contribution in [2.45, 2.75) is 32.9 Å². The van der Waals surface area contributed by atoms with Gasteiger partial charge in [0, 0.05) is 12.2 Å². The Labute approximate surface area is 114 Å². The standard InChI is InChI=1S/C14H23FN2O2/c1-5-19-14(9(2)3)13(17-16)11-8-10(15)6-7-12(11)18-4/h6-9,13-14,17H,5,16H2,1-4H3. The Morgan fingerprint density at radius 3 is 2.53 bits per heavy atom. The zero-order valence-corrected chi connectivity index (χ0v) is 11.9. The van der Waals surface area contributed by atoms with Crippen LogP contribution in [0.5, 0.6) is 5.75 Å². The summed E-state index contributed by atoms with van der Waals surface area (Å²) in [5.74, 6) is 6.14. The molecule has 0 fully saturated rings. The molecule has 0 spiro atoms. The maximum Gasteiger partial charge on any atom is 0.123 e. The van der Waals surface area contributed by atoms with Crippen molar-refractivity contribution in [3.8, 4) is 5.75 Å². The molecule has 0 aromatic heterocycles. The zero-order chi connectivity index (χ0) is 14.4. The van der Waals surface area contributed by atoms with Crippen LogP contribution in [0, 0.1) is 11.7 Å². The Hall–Kier alpha value is -1.17. The SMILES string of the molecule is CCOC(C(C)C)C(NN)c1cc(F)ccc1OC. The summed E-state index contributed by atoms with van der Waals surface area (Å²) in [5, 5.41) is 0. The number of hydrogen-bond donors (Lipinski definition) is 2. The molecule has 1 rings (SSSR count). The monoisotopic (exact) mass is 270 g/mol. The molecule has 1 aromatic carbocycles. The van der Waals surface area contributed by atoms with Crippen LogP contribution < -0.4 is 16.0 Å². The van der Waals surface area contributed by atoms with E-state index in [0.717, 1.165) is 0 Å². The van der Waals surface area contributed by atoms with Gasteiger partial charge in [0.05, 0.1) is 19.3 Å².